The molecule has 0 unspecified atom stereocenters. The van der Waals surface area contributed by atoms with Crippen molar-refractivity contribution in [1.82, 2.24) is 9.97 Å². The molecule has 112 valence electrons. The molecule has 0 amide bonds. The number of hydrogen-bond donors (Lipinski definition) is 2. The fourth-order valence-electron chi connectivity index (χ4n) is 2.15. The summed E-state index contributed by atoms with van der Waals surface area (Å²) in [6.45, 7) is 9.25. The Hall–Kier alpha value is -1.62. The van der Waals surface area contributed by atoms with E-state index in [4.69, 9.17) is 0 Å². The second kappa shape index (κ2) is 6.89. The first kappa shape index (κ1) is 15.8. The first-order valence-electron chi connectivity index (χ1n) is 7.12. The molecule has 0 fully saturated rings. The van der Waals surface area contributed by atoms with E-state index < -0.39 is 0 Å². The van der Waals surface area contributed by atoms with Crippen molar-refractivity contribution in [1.29, 1.82) is 0 Å². The number of benzene rings is 1. The van der Waals surface area contributed by atoms with Crippen LogP contribution in [0.2, 0.25) is 0 Å². The highest BCUT2D eigenvalue weighted by Crippen LogP contribution is 2.28. The fraction of sp³-hybridized carbons (Fsp3) is 0.375. The Kier molecular flexibility index (Phi) is 5.17. The Morgan fingerprint density at radius 3 is 2.29 bits per heavy atom. The van der Waals surface area contributed by atoms with Crippen molar-refractivity contribution >= 4 is 33.3 Å². The van der Waals surface area contributed by atoms with Crippen LogP contribution in [0.5, 0.6) is 0 Å². The molecule has 1 heterocycles. The average Bonchev–Trinajstić information content (AvgIpc) is 2.45. The molecule has 0 saturated carbocycles. The number of rotatable bonds is 5. The van der Waals surface area contributed by atoms with Gasteiger partial charge in [-0.1, -0.05) is 22.9 Å². The highest BCUT2D eigenvalue weighted by molar-refractivity contribution is 9.10. The average molecular weight is 349 g/mol. The molecule has 2 aromatic rings. The van der Waals surface area contributed by atoms with Gasteiger partial charge < -0.3 is 10.6 Å². The molecule has 1 aromatic carbocycles. The number of anilines is 3. The summed E-state index contributed by atoms with van der Waals surface area (Å²) in [5.41, 5.74) is 4.47. The second-order valence-electron chi connectivity index (χ2n) is 5.17. The molecule has 0 aliphatic rings. The minimum absolute atomic E-state index is 0.838. The summed E-state index contributed by atoms with van der Waals surface area (Å²) >= 11 is 3.59. The number of aromatic nitrogens is 2. The van der Waals surface area contributed by atoms with Crippen LogP contribution in [0.3, 0.4) is 0 Å². The summed E-state index contributed by atoms with van der Waals surface area (Å²) in [6.07, 6.45) is 2.66. The van der Waals surface area contributed by atoms with Crippen molar-refractivity contribution in [3.63, 3.8) is 0 Å². The molecule has 2 rings (SSSR count). The molecule has 0 saturated heterocycles. The van der Waals surface area contributed by atoms with E-state index in [1.165, 1.54) is 11.1 Å². The van der Waals surface area contributed by atoms with Gasteiger partial charge in [-0.15, -0.1) is 0 Å². The standard InChI is InChI=1S/C16H21BrN4/c1-5-6-18-15-12(4)16(20-9-19-15)21-13-7-10(2)14(17)11(3)8-13/h7-9H,5-6H2,1-4H3,(H2,18,19,20,21). The number of halogens is 1. The first-order chi connectivity index (χ1) is 10.0. The molecule has 0 atom stereocenters. The van der Waals surface area contributed by atoms with E-state index in [1.807, 2.05) is 6.92 Å². The predicted molar refractivity (Wildman–Crippen MR) is 92.4 cm³/mol. The van der Waals surface area contributed by atoms with Gasteiger partial charge >= 0.3 is 0 Å². The Morgan fingerprint density at radius 1 is 1.05 bits per heavy atom. The molecule has 0 spiro atoms. The third-order valence-corrected chi connectivity index (χ3v) is 4.58. The Bertz CT molecular complexity index is 617. The van der Waals surface area contributed by atoms with Gasteiger partial charge in [0.2, 0.25) is 0 Å². The maximum Gasteiger partial charge on any atom is 0.138 e. The molecule has 0 bridgehead atoms. The smallest absolute Gasteiger partial charge is 0.138 e. The van der Waals surface area contributed by atoms with Crippen molar-refractivity contribution in [2.45, 2.75) is 34.1 Å². The normalized spacial score (nSPS) is 10.5. The van der Waals surface area contributed by atoms with Crippen molar-refractivity contribution in [3.05, 3.63) is 39.6 Å². The van der Waals surface area contributed by atoms with E-state index in [2.05, 4.69) is 69.4 Å². The summed E-state index contributed by atoms with van der Waals surface area (Å²) < 4.78 is 1.15. The number of aryl methyl sites for hydroxylation is 2. The Morgan fingerprint density at radius 2 is 1.67 bits per heavy atom. The lowest BCUT2D eigenvalue weighted by atomic mass is 10.1. The van der Waals surface area contributed by atoms with Crippen molar-refractivity contribution in [3.8, 4) is 0 Å². The Balaban J connectivity index is 2.27. The summed E-state index contributed by atoms with van der Waals surface area (Å²) in [4.78, 5) is 8.65. The van der Waals surface area contributed by atoms with E-state index >= 15 is 0 Å². The second-order valence-corrected chi connectivity index (χ2v) is 5.96. The van der Waals surface area contributed by atoms with Gasteiger partial charge in [-0.3, -0.25) is 0 Å². The molecule has 5 heteroatoms. The van der Waals surface area contributed by atoms with Crippen molar-refractivity contribution < 1.29 is 0 Å². The van der Waals surface area contributed by atoms with E-state index in [0.717, 1.165) is 40.3 Å². The van der Waals surface area contributed by atoms with Gasteiger partial charge in [-0.25, -0.2) is 9.97 Å². The summed E-state index contributed by atoms with van der Waals surface area (Å²) in [6, 6.07) is 4.22. The van der Waals surface area contributed by atoms with Gasteiger partial charge in [0.25, 0.3) is 0 Å². The van der Waals surface area contributed by atoms with Crippen LogP contribution >= 0.6 is 15.9 Å². The molecule has 0 aliphatic heterocycles. The quantitative estimate of drug-likeness (QED) is 0.819. The SMILES string of the molecule is CCCNc1ncnc(Nc2cc(C)c(Br)c(C)c2)c1C. The molecule has 0 radical (unpaired) electrons. The van der Waals surface area contributed by atoms with Gasteiger partial charge in [0.05, 0.1) is 0 Å². The van der Waals surface area contributed by atoms with Gasteiger partial charge in [0, 0.05) is 22.3 Å². The first-order valence-corrected chi connectivity index (χ1v) is 7.91. The molecular formula is C16H21BrN4. The van der Waals surface area contributed by atoms with Crippen molar-refractivity contribution in [2.75, 3.05) is 17.2 Å². The zero-order valence-corrected chi connectivity index (χ0v) is 14.5. The predicted octanol–water partition coefficient (Wildman–Crippen LogP) is 4.73. The highest BCUT2D eigenvalue weighted by atomic mass is 79.9. The van der Waals surface area contributed by atoms with Crippen LogP contribution in [0.1, 0.15) is 30.0 Å². The summed E-state index contributed by atoms with van der Waals surface area (Å²) in [7, 11) is 0. The lowest BCUT2D eigenvalue weighted by Gasteiger charge is -2.14. The number of nitrogens with zero attached hydrogens (tertiary/aromatic N) is 2. The monoisotopic (exact) mass is 348 g/mol. The van der Waals surface area contributed by atoms with E-state index in [1.54, 1.807) is 6.33 Å². The summed E-state index contributed by atoms with van der Waals surface area (Å²) in [5, 5.41) is 6.71. The third-order valence-electron chi connectivity index (χ3n) is 3.33. The van der Waals surface area contributed by atoms with Gasteiger partial charge in [-0.05, 0) is 50.5 Å². The van der Waals surface area contributed by atoms with Crippen LogP contribution in [0.25, 0.3) is 0 Å². The van der Waals surface area contributed by atoms with E-state index in [9.17, 15) is 0 Å². The van der Waals surface area contributed by atoms with Crippen molar-refractivity contribution in [2.24, 2.45) is 0 Å². The van der Waals surface area contributed by atoms with Crippen LogP contribution in [0, 0.1) is 20.8 Å². The van der Waals surface area contributed by atoms with Gasteiger partial charge in [0.1, 0.15) is 18.0 Å². The maximum absolute atomic E-state index is 4.35. The van der Waals surface area contributed by atoms with E-state index in [-0.39, 0.29) is 0 Å². The largest absolute Gasteiger partial charge is 0.370 e. The fourth-order valence-corrected chi connectivity index (χ4v) is 2.38. The minimum atomic E-state index is 0.838. The Labute approximate surface area is 134 Å². The molecule has 0 aliphatic carbocycles. The third kappa shape index (κ3) is 3.73. The van der Waals surface area contributed by atoms with Crippen LogP contribution in [-0.2, 0) is 0 Å². The van der Waals surface area contributed by atoms with Crippen LogP contribution < -0.4 is 10.6 Å². The minimum Gasteiger partial charge on any atom is -0.370 e. The lowest BCUT2D eigenvalue weighted by molar-refractivity contribution is 0.960. The molecule has 2 N–H and O–H groups in total. The zero-order valence-electron chi connectivity index (χ0n) is 12.9. The molecule has 4 nitrogen and oxygen atoms in total. The number of nitrogens with one attached hydrogen (secondary N) is 2. The molecule has 21 heavy (non-hydrogen) atoms. The summed E-state index contributed by atoms with van der Waals surface area (Å²) in [5.74, 6) is 1.73. The van der Waals surface area contributed by atoms with Crippen LogP contribution in [0.4, 0.5) is 17.3 Å². The zero-order chi connectivity index (χ0) is 15.4. The van der Waals surface area contributed by atoms with E-state index in [0.29, 0.717) is 0 Å². The maximum atomic E-state index is 4.35. The highest BCUT2D eigenvalue weighted by Gasteiger charge is 2.08. The van der Waals surface area contributed by atoms with Crippen LogP contribution in [-0.4, -0.2) is 16.5 Å². The topological polar surface area (TPSA) is 49.8 Å². The van der Waals surface area contributed by atoms with Crippen LogP contribution in [0.15, 0.2) is 22.9 Å². The number of hydrogen-bond acceptors (Lipinski definition) is 4. The van der Waals surface area contributed by atoms with Gasteiger partial charge in [0.15, 0.2) is 0 Å². The molecule has 1 aromatic heterocycles. The molecular weight excluding hydrogens is 328 g/mol. The lowest BCUT2D eigenvalue weighted by Crippen LogP contribution is -2.07. The van der Waals surface area contributed by atoms with Gasteiger partial charge in [-0.2, -0.15) is 0 Å².